The summed E-state index contributed by atoms with van der Waals surface area (Å²) in [4.78, 5) is 26.8. The second-order valence-corrected chi connectivity index (χ2v) is 7.72. The quantitative estimate of drug-likeness (QED) is 0.919. The number of nitrogens with one attached hydrogen (secondary N) is 1. The van der Waals surface area contributed by atoms with Gasteiger partial charge in [-0.3, -0.25) is 9.59 Å². The van der Waals surface area contributed by atoms with Crippen LogP contribution in [0.3, 0.4) is 0 Å². The molecule has 1 N–H and O–H groups in total. The van der Waals surface area contributed by atoms with Crippen molar-refractivity contribution >= 4 is 11.8 Å². The smallest absolute Gasteiger partial charge is 0.256 e. The molecular weight excluding hydrogens is 306 g/mol. The Labute approximate surface area is 141 Å². The summed E-state index contributed by atoms with van der Waals surface area (Å²) in [6.45, 7) is 2.70. The lowest BCUT2D eigenvalue weighted by Gasteiger charge is -2.44. The highest BCUT2D eigenvalue weighted by Gasteiger charge is 2.48. The van der Waals surface area contributed by atoms with Crippen LogP contribution in [-0.4, -0.2) is 40.0 Å². The number of amides is 2. The molecule has 1 spiro atoms. The number of rotatable bonds is 4. The van der Waals surface area contributed by atoms with E-state index >= 15 is 0 Å². The molecule has 0 bridgehead atoms. The predicted octanol–water partition coefficient (Wildman–Crippen LogP) is 2.43. The molecule has 1 saturated heterocycles. The Morgan fingerprint density at radius 2 is 2.08 bits per heavy atom. The Morgan fingerprint density at radius 3 is 2.71 bits per heavy atom. The van der Waals surface area contributed by atoms with Gasteiger partial charge < -0.3 is 14.7 Å². The molecule has 24 heavy (non-hydrogen) atoms. The molecular formula is C18H25N3O3. The Bertz CT molecular complexity index is 642. The summed E-state index contributed by atoms with van der Waals surface area (Å²) in [5.74, 6) is 1.52. The first-order chi connectivity index (χ1) is 11.6. The number of aromatic nitrogens is 1. The summed E-state index contributed by atoms with van der Waals surface area (Å²) in [5.41, 5.74) is 0.579. The van der Waals surface area contributed by atoms with Crippen LogP contribution in [0, 0.1) is 12.8 Å². The molecule has 1 aliphatic heterocycles. The maximum Gasteiger partial charge on any atom is 0.256 e. The SMILES string of the molecule is Cc1oncc1C(=O)NC1CCC2(CCC(=O)N2CC2CC2)CC1. The van der Waals surface area contributed by atoms with Crippen LogP contribution in [0.15, 0.2) is 10.7 Å². The van der Waals surface area contributed by atoms with Gasteiger partial charge in [0.15, 0.2) is 0 Å². The van der Waals surface area contributed by atoms with Gasteiger partial charge in [-0.2, -0.15) is 0 Å². The molecule has 6 nitrogen and oxygen atoms in total. The molecule has 130 valence electrons. The second-order valence-electron chi connectivity index (χ2n) is 7.72. The minimum Gasteiger partial charge on any atom is -0.361 e. The molecule has 2 heterocycles. The average molecular weight is 331 g/mol. The van der Waals surface area contributed by atoms with E-state index in [1.807, 2.05) is 0 Å². The van der Waals surface area contributed by atoms with Crippen molar-refractivity contribution in [3.63, 3.8) is 0 Å². The number of aryl methyl sites for hydroxylation is 1. The number of hydrogen-bond donors (Lipinski definition) is 1. The van der Waals surface area contributed by atoms with Crippen molar-refractivity contribution in [2.75, 3.05) is 6.54 Å². The monoisotopic (exact) mass is 331 g/mol. The Balaban J connectivity index is 1.36. The van der Waals surface area contributed by atoms with Gasteiger partial charge in [0.2, 0.25) is 5.91 Å². The van der Waals surface area contributed by atoms with Gasteiger partial charge in [-0.05, 0) is 57.8 Å². The second kappa shape index (κ2) is 5.90. The fourth-order valence-electron chi connectivity index (χ4n) is 4.33. The van der Waals surface area contributed by atoms with Crippen LogP contribution in [0.4, 0.5) is 0 Å². The van der Waals surface area contributed by atoms with Gasteiger partial charge in [-0.1, -0.05) is 5.16 Å². The van der Waals surface area contributed by atoms with Crippen LogP contribution in [0.2, 0.25) is 0 Å². The zero-order valence-corrected chi connectivity index (χ0v) is 14.2. The third-order valence-corrected chi connectivity index (χ3v) is 6.06. The maximum absolute atomic E-state index is 12.3. The molecule has 3 aliphatic rings. The number of nitrogens with zero attached hydrogens (tertiary/aromatic N) is 2. The summed E-state index contributed by atoms with van der Waals surface area (Å²) in [6.07, 6.45) is 9.58. The van der Waals surface area contributed by atoms with Crippen LogP contribution in [0.5, 0.6) is 0 Å². The van der Waals surface area contributed by atoms with E-state index in [1.54, 1.807) is 6.92 Å². The Hall–Kier alpha value is -1.85. The fourth-order valence-corrected chi connectivity index (χ4v) is 4.33. The number of likely N-dealkylation sites (tertiary alicyclic amines) is 1. The first kappa shape index (κ1) is 15.7. The van der Waals surface area contributed by atoms with E-state index in [4.69, 9.17) is 4.52 Å². The standard InChI is InChI=1S/C18H25N3O3/c1-12-15(10-19-24-12)17(23)20-14-4-7-18(8-5-14)9-6-16(22)21(18)11-13-2-3-13/h10,13-14H,2-9,11H2,1H3,(H,20,23). The third-order valence-electron chi connectivity index (χ3n) is 6.06. The summed E-state index contributed by atoms with van der Waals surface area (Å²) < 4.78 is 4.96. The fraction of sp³-hybridized carbons (Fsp3) is 0.722. The average Bonchev–Trinajstić information content (AvgIpc) is 3.22. The summed E-state index contributed by atoms with van der Waals surface area (Å²) in [5, 5.41) is 6.77. The lowest BCUT2D eigenvalue weighted by atomic mass is 9.77. The summed E-state index contributed by atoms with van der Waals surface area (Å²) in [7, 11) is 0. The summed E-state index contributed by atoms with van der Waals surface area (Å²) >= 11 is 0. The van der Waals surface area contributed by atoms with Gasteiger partial charge in [0.25, 0.3) is 5.91 Å². The molecule has 0 aromatic carbocycles. The molecule has 1 aromatic rings. The maximum atomic E-state index is 12.3. The van der Waals surface area contributed by atoms with Gasteiger partial charge in [0, 0.05) is 24.5 Å². The van der Waals surface area contributed by atoms with Crippen molar-refractivity contribution in [1.29, 1.82) is 0 Å². The lowest BCUT2D eigenvalue weighted by molar-refractivity contribution is -0.132. The van der Waals surface area contributed by atoms with E-state index in [9.17, 15) is 9.59 Å². The minimum absolute atomic E-state index is 0.0635. The minimum atomic E-state index is -0.105. The molecule has 0 atom stereocenters. The van der Waals surface area contributed by atoms with Gasteiger partial charge in [0.05, 0.1) is 6.20 Å². The third kappa shape index (κ3) is 2.82. The normalized spacial score (nSPS) is 30.1. The lowest BCUT2D eigenvalue weighted by Crippen LogP contribution is -2.51. The number of carbonyl (C=O) groups excluding carboxylic acids is 2. The van der Waals surface area contributed by atoms with E-state index in [1.165, 1.54) is 19.0 Å². The van der Waals surface area contributed by atoms with Crippen LogP contribution in [-0.2, 0) is 4.79 Å². The molecule has 4 rings (SSSR count). The molecule has 2 saturated carbocycles. The van der Waals surface area contributed by atoms with Crippen molar-refractivity contribution in [3.05, 3.63) is 17.5 Å². The molecule has 2 amide bonds. The number of hydrogen-bond acceptors (Lipinski definition) is 4. The molecule has 3 fully saturated rings. The van der Waals surface area contributed by atoms with Crippen molar-refractivity contribution < 1.29 is 14.1 Å². The van der Waals surface area contributed by atoms with E-state index < -0.39 is 0 Å². The van der Waals surface area contributed by atoms with Gasteiger partial charge >= 0.3 is 0 Å². The first-order valence-electron chi connectivity index (χ1n) is 9.10. The van der Waals surface area contributed by atoms with Crippen molar-refractivity contribution in [3.8, 4) is 0 Å². The summed E-state index contributed by atoms with van der Waals surface area (Å²) in [6, 6.07) is 0.177. The van der Waals surface area contributed by atoms with E-state index in [0.717, 1.165) is 44.6 Å². The topological polar surface area (TPSA) is 75.4 Å². The number of carbonyl (C=O) groups is 2. The van der Waals surface area contributed by atoms with Crippen LogP contribution in [0.1, 0.15) is 67.5 Å². The largest absolute Gasteiger partial charge is 0.361 e. The Kier molecular flexibility index (Phi) is 3.85. The van der Waals surface area contributed by atoms with Crippen LogP contribution < -0.4 is 5.32 Å². The van der Waals surface area contributed by atoms with Crippen LogP contribution in [0.25, 0.3) is 0 Å². The van der Waals surface area contributed by atoms with Crippen molar-refractivity contribution in [2.45, 2.75) is 69.9 Å². The van der Waals surface area contributed by atoms with Gasteiger partial charge in [0.1, 0.15) is 11.3 Å². The molecule has 2 aliphatic carbocycles. The highest BCUT2D eigenvalue weighted by Crippen LogP contribution is 2.44. The van der Waals surface area contributed by atoms with E-state index in [-0.39, 0.29) is 17.5 Å². The zero-order valence-electron chi connectivity index (χ0n) is 14.2. The van der Waals surface area contributed by atoms with Crippen molar-refractivity contribution in [2.24, 2.45) is 5.92 Å². The van der Waals surface area contributed by atoms with Crippen molar-refractivity contribution in [1.82, 2.24) is 15.4 Å². The van der Waals surface area contributed by atoms with Crippen LogP contribution >= 0.6 is 0 Å². The molecule has 0 unspecified atom stereocenters. The molecule has 0 radical (unpaired) electrons. The highest BCUT2D eigenvalue weighted by atomic mass is 16.5. The van der Waals surface area contributed by atoms with E-state index in [2.05, 4.69) is 15.4 Å². The zero-order chi connectivity index (χ0) is 16.7. The predicted molar refractivity (Wildman–Crippen MR) is 87.4 cm³/mol. The molecule has 6 heteroatoms. The highest BCUT2D eigenvalue weighted by molar-refractivity contribution is 5.94. The van der Waals surface area contributed by atoms with Gasteiger partial charge in [-0.25, -0.2) is 0 Å². The molecule has 1 aromatic heterocycles. The van der Waals surface area contributed by atoms with E-state index in [0.29, 0.717) is 23.7 Å². The first-order valence-corrected chi connectivity index (χ1v) is 9.10. The van der Waals surface area contributed by atoms with Gasteiger partial charge in [-0.15, -0.1) is 0 Å². The Morgan fingerprint density at radius 1 is 1.33 bits per heavy atom.